The van der Waals surface area contributed by atoms with Gasteiger partial charge in [0.15, 0.2) is 0 Å². The number of aromatic nitrogens is 4. The van der Waals surface area contributed by atoms with Gasteiger partial charge in [-0.3, -0.25) is 4.79 Å². The predicted molar refractivity (Wildman–Crippen MR) is 91.4 cm³/mol. The zero-order valence-corrected chi connectivity index (χ0v) is 14.7. The van der Waals surface area contributed by atoms with Gasteiger partial charge in [-0.05, 0) is 25.5 Å². The number of hydrogen-bond acceptors (Lipinski definition) is 4. The van der Waals surface area contributed by atoms with Crippen LogP contribution in [-0.4, -0.2) is 30.5 Å². The molecular formula is C16H14Cl2N4O2. The van der Waals surface area contributed by atoms with E-state index in [1.807, 2.05) is 6.92 Å². The van der Waals surface area contributed by atoms with Crippen LogP contribution in [-0.2, 0) is 7.05 Å². The maximum atomic E-state index is 12.9. The van der Waals surface area contributed by atoms with E-state index in [4.69, 9.17) is 23.2 Å². The maximum Gasteiger partial charge on any atom is 0.220 e. The normalized spacial score (nSPS) is 11.0. The molecule has 3 rings (SSSR count). The second-order valence-electron chi connectivity index (χ2n) is 5.43. The fourth-order valence-electron chi connectivity index (χ4n) is 2.59. The number of ketones is 1. The molecule has 2 aromatic heterocycles. The lowest BCUT2D eigenvalue weighted by Crippen LogP contribution is -2.07. The predicted octanol–water partition coefficient (Wildman–Crippen LogP) is 3.47. The van der Waals surface area contributed by atoms with Crippen molar-refractivity contribution in [2.45, 2.75) is 13.8 Å². The highest BCUT2D eigenvalue weighted by atomic mass is 35.5. The maximum absolute atomic E-state index is 12.9. The lowest BCUT2D eigenvalue weighted by molar-refractivity contribution is 0.103. The lowest BCUT2D eigenvalue weighted by Gasteiger charge is -2.12. The van der Waals surface area contributed by atoms with Crippen LogP contribution in [0.5, 0.6) is 5.88 Å². The van der Waals surface area contributed by atoms with Gasteiger partial charge in [0, 0.05) is 18.8 Å². The van der Waals surface area contributed by atoms with Crippen molar-refractivity contribution in [2.24, 2.45) is 7.05 Å². The number of carbonyl (C=O) groups is 1. The average Bonchev–Trinajstić information content (AvgIpc) is 3.03. The highest BCUT2D eigenvalue weighted by Crippen LogP contribution is 2.32. The molecule has 0 radical (unpaired) electrons. The van der Waals surface area contributed by atoms with Crippen LogP contribution in [0.3, 0.4) is 0 Å². The Hall–Kier alpha value is -2.31. The third-order valence-electron chi connectivity index (χ3n) is 3.76. The Labute approximate surface area is 148 Å². The summed E-state index contributed by atoms with van der Waals surface area (Å²) in [7, 11) is 1.56. The minimum absolute atomic E-state index is 0.132. The molecule has 0 spiro atoms. The molecule has 1 N–H and O–H groups in total. The fraction of sp³-hybridized carbons (Fsp3) is 0.188. The van der Waals surface area contributed by atoms with Crippen LogP contribution in [0, 0.1) is 13.8 Å². The van der Waals surface area contributed by atoms with Crippen molar-refractivity contribution in [1.82, 2.24) is 19.6 Å². The monoisotopic (exact) mass is 364 g/mol. The molecule has 2 heterocycles. The van der Waals surface area contributed by atoms with Gasteiger partial charge in [0.1, 0.15) is 5.56 Å². The molecular weight excluding hydrogens is 351 g/mol. The summed E-state index contributed by atoms with van der Waals surface area (Å²) in [5.74, 6) is -0.597. The first-order valence-corrected chi connectivity index (χ1v) is 7.83. The minimum Gasteiger partial charge on any atom is -0.493 e. The number of carbonyl (C=O) groups excluding carboxylic acids is 1. The van der Waals surface area contributed by atoms with E-state index in [0.717, 1.165) is 5.56 Å². The Bertz CT molecular complexity index is 959. The third kappa shape index (κ3) is 2.57. The zero-order valence-electron chi connectivity index (χ0n) is 13.2. The summed E-state index contributed by atoms with van der Waals surface area (Å²) in [5, 5.41) is 19.0. The van der Waals surface area contributed by atoms with Crippen LogP contribution in [0.1, 0.15) is 27.2 Å². The average molecular weight is 365 g/mol. The van der Waals surface area contributed by atoms with Crippen molar-refractivity contribution in [3.63, 3.8) is 0 Å². The van der Waals surface area contributed by atoms with Crippen LogP contribution < -0.4 is 0 Å². The van der Waals surface area contributed by atoms with Gasteiger partial charge in [0.25, 0.3) is 0 Å². The van der Waals surface area contributed by atoms with Crippen LogP contribution in [0.2, 0.25) is 10.0 Å². The first kappa shape index (κ1) is 16.5. The smallest absolute Gasteiger partial charge is 0.220 e. The van der Waals surface area contributed by atoms with Crippen molar-refractivity contribution in [3.05, 3.63) is 57.0 Å². The second kappa shape index (κ2) is 5.96. The highest BCUT2D eigenvalue weighted by Gasteiger charge is 2.25. The Balaban J connectivity index is 2.18. The van der Waals surface area contributed by atoms with Crippen LogP contribution in [0.4, 0.5) is 0 Å². The van der Waals surface area contributed by atoms with Crippen molar-refractivity contribution in [1.29, 1.82) is 0 Å². The summed E-state index contributed by atoms with van der Waals surface area (Å²) in [6, 6.07) is 3.40. The molecule has 1 aromatic carbocycles. The molecule has 6 nitrogen and oxygen atoms in total. The number of aromatic hydroxyl groups is 1. The van der Waals surface area contributed by atoms with E-state index < -0.39 is 5.78 Å². The van der Waals surface area contributed by atoms with Gasteiger partial charge < -0.3 is 5.11 Å². The van der Waals surface area contributed by atoms with Crippen molar-refractivity contribution < 1.29 is 9.90 Å². The molecule has 124 valence electrons. The highest BCUT2D eigenvalue weighted by molar-refractivity contribution is 6.37. The van der Waals surface area contributed by atoms with E-state index in [-0.39, 0.29) is 22.0 Å². The summed E-state index contributed by atoms with van der Waals surface area (Å²) in [6.07, 6.45) is 3.10. The molecule has 0 amide bonds. The minimum atomic E-state index is -0.400. The third-order valence-corrected chi connectivity index (χ3v) is 4.34. The van der Waals surface area contributed by atoms with Crippen LogP contribution in [0.15, 0.2) is 24.5 Å². The first-order valence-electron chi connectivity index (χ1n) is 7.08. The van der Waals surface area contributed by atoms with E-state index in [9.17, 15) is 9.90 Å². The largest absolute Gasteiger partial charge is 0.493 e. The van der Waals surface area contributed by atoms with Gasteiger partial charge in [0.05, 0.1) is 27.6 Å². The molecule has 0 aliphatic heterocycles. The lowest BCUT2D eigenvalue weighted by atomic mass is 10.0. The zero-order chi connectivity index (χ0) is 17.6. The SMILES string of the molecule is Cc1ccc(C(=O)c2c(C)nn(C)c2O)c(Cl)c1-n1cc(Cl)cn1. The van der Waals surface area contributed by atoms with Gasteiger partial charge >= 0.3 is 0 Å². The molecule has 0 saturated heterocycles. The Kier molecular flexibility index (Phi) is 4.11. The van der Waals surface area contributed by atoms with Gasteiger partial charge in [-0.2, -0.15) is 10.2 Å². The summed E-state index contributed by atoms with van der Waals surface area (Å²) in [5.41, 5.74) is 2.22. The van der Waals surface area contributed by atoms with Gasteiger partial charge in [-0.15, -0.1) is 0 Å². The molecule has 0 aliphatic rings. The summed E-state index contributed by atoms with van der Waals surface area (Å²) in [4.78, 5) is 12.9. The second-order valence-corrected chi connectivity index (χ2v) is 6.25. The van der Waals surface area contributed by atoms with E-state index >= 15 is 0 Å². The van der Waals surface area contributed by atoms with E-state index in [2.05, 4.69) is 10.2 Å². The molecule has 8 heteroatoms. The summed E-state index contributed by atoms with van der Waals surface area (Å²) in [6.45, 7) is 3.51. The molecule has 0 saturated carbocycles. The van der Waals surface area contributed by atoms with Gasteiger partial charge in [0.2, 0.25) is 11.7 Å². The molecule has 3 aromatic rings. The van der Waals surface area contributed by atoms with Crippen molar-refractivity contribution >= 4 is 29.0 Å². The van der Waals surface area contributed by atoms with E-state index in [0.29, 0.717) is 16.4 Å². The Morgan fingerprint density at radius 2 is 1.96 bits per heavy atom. The molecule has 0 aliphatic carbocycles. The van der Waals surface area contributed by atoms with Crippen LogP contribution in [0.25, 0.3) is 5.69 Å². The molecule has 0 fully saturated rings. The number of rotatable bonds is 3. The molecule has 0 unspecified atom stereocenters. The number of halogens is 2. The Morgan fingerprint density at radius 3 is 2.50 bits per heavy atom. The number of nitrogens with zero attached hydrogens (tertiary/aromatic N) is 4. The van der Waals surface area contributed by atoms with E-state index in [1.165, 1.54) is 15.6 Å². The standard InChI is InChI=1S/C16H14Cl2N4O2/c1-8-4-5-11(13(18)14(8)22-7-10(17)6-19-22)15(23)12-9(2)20-21(3)16(12)24/h4-7,24H,1-3H3. The van der Waals surface area contributed by atoms with Crippen LogP contribution >= 0.6 is 23.2 Å². The van der Waals surface area contributed by atoms with Crippen molar-refractivity contribution in [2.75, 3.05) is 0 Å². The number of aryl methyl sites for hydroxylation is 3. The molecule has 0 bridgehead atoms. The summed E-state index contributed by atoms with van der Waals surface area (Å²) < 4.78 is 2.77. The summed E-state index contributed by atoms with van der Waals surface area (Å²) >= 11 is 12.4. The first-order chi connectivity index (χ1) is 11.3. The molecule has 0 atom stereocenters. The molecule has 24 heavy (non-hydrogen) atoms. The van der Waals surface area contributed by atoms with Gasteiger partial charge in [-0.25, -0.2) is 9.36 Å². The number of hydrogen-bond donors (Lipinski definition) is 1. The van der Waals surface area contributed by atoms with E-state index in [1.54, 1.807) is 32.3 Å². The quantitative estimate of drug-likeness (QED) is 0.722. The van der Waals surface area contributed by atoms with Gasteiger partial charge in [-0.1, -0.05) is 29.3 Å². The topological polar surface area (TPSA) is 72.9 Å². The van der Waals surface area contributed by atoms with Crippen molar-refractivity contribution in [3.8, 4) is 11.6 Å². The number of benzene rings is 1. The fourth-order valence-corrected chi connectivity index (χ4v) is 3.11. The Morgan fingerprint density at radius 1 is 1.25 bits per heavy atom.